The maximum atomic E-state index is 3.39. The maximum Gasteiger partial charge on any atom is -0.00209 e. The molecule has 1 heteroatoms. The van der Waals surface area contributed by atoms with E-state index in [1.807, 2.05) is 0 Å². The predicted molar refractivity (Wildman–Crippen MR) is 77.3 cm³/mol. The van der Waals surface area contributed by atoms with Gasteiger partial charge in [0, 0.05) is 0 Å². The quantitative estimate of drug-likeness (QED) is 0.610. The van der Waals surface area contributed by atoms with E-state index >= 15 is 0 Å². The van der Waals surface area contributed by atoms with Crippen LogP contribution in [0.4, 0.5) is 0 Å². The Hall–Kier alpha value is -0.0400. The Labute approximate surface area is 109 Å². The molecule has 3 atom stereocenters. The average Bonchev–Trinajstić information content (AvgIpc) is 2.32. The highest BCUT2D eigenvalue weighted by atomic mass is 14.8. The first-order valence-electron chi connectivity index (χ1n) is 7.92. The second kappa shape index (κ2) is 8.97. The van der Waals surface area contributed by atoms with Gasteiger partial charge in [0.05, 0.1) is 0 Å². The van der Waals surface area contributed by atoms with Gasteiger partial charge in [-0.2, -0.15) is 0 Å². The molecule has 3 unspecified atom stereocenters. The Morgan fingerprint density at radius 2 is 1.76 bits per heavy atom. The van der Waals surface area contributed by atoms with E-state index in [1.165, 1.54) is 64.3 Å². The third-order valence-electron chi connectivity index (χ3n) is 4.55. The van der Waals surface area contributed by atoms with Gasteiger partial charge in [0.25, 0.3) is 0 Å². The minimum Gasteiger partial charge on any atom is -0.319 e. The van der Waals surface area contributed by atoms with Crippen molar-refractivity contribution in [3.05, 3.63) is 0 Å². The molecule has 0 aromatic heterocycles. The Balaban J connectivity index is 2.21. The zero-order chi connectivity index (χ0) is 12.5. The molecule has 1 nitrogen and oxygen atoms in total. The van der Waals surface area contributed by atoms with Gasteiger partial charge in [-0.1, -0.05) is 58.8 Å². The van der Waals surface area contributed by atoms with Gasteiger partial charge in [-0.15, -0.1) is 0 Å². The second-order valence-corrected chi connectivity index (χ2v) is 6.20. The molecule has 0 aromatic rings. The van der Waals surface area contributed by atoms with Crippen LogP contribution in [0, 0.1) is 17.8 Å². The highest BCUT2D eigenvalue weighted by molar-refractivity contribution is 4.79. The molecule has 1 fully saturated rings. The molecular weight excluding hydrogens is 206 g/mol. The van der Waals surface area contributed by atoms with Gasteiger partial charge in [0.1, 0.15) is 0 Å². The van der Waals surface area contributed by atoms with Crippen molar-refractivity contribution < 1.29 is 0 Å². The van der Waals surface area contributed by atoms with Crippen LogP contribution >= 0.6 is 0 Å². The van der Waals surface area contributed by atoms with Crippen LogP contribution in [0.3, 0.4) is 0 Å². The van der Waals surface area contributed by atoms with Gasteiger partial charge in [0.2, 0.25) is 0 Å². The van der Waals surface area contributed by atoms with Gasteiger partial charge < -0.3 is 5.32 Å². The largest absolute Gasteiger partial charge is 0.319 e. The smallest absolute Gasteiger partial charge is 0.00209 e. The number of rotatable bonds is 8. The first kappa shape index (κ1) is 15.0. The lowest BCUT2D eigenvalue weighted by Gasteiger charge is -2.35. The molecule has 0 spiro atoms. The molecule has 1 aliphatic carbocycles. The van der Waals surface area contributed by atoms with E-state index in [2.05, 4.69) is 26.2 Å². The fourth-order valence-corrected chi connectivity index (χ4v) is 3.46. The van der Waals surface area contributed by atoms with Crippen molar-refractivity contribution in [1.82, 2.24) is 5.32 Å². The fraction of sp³-hybridized carbons (Fsp3) is 1.00. The van der Waals surface area contributed by atoms with Crippen molar-refractivity contribution in [1.29, 1.82) is 0 Å². The number of hydrogen-bond donors (Lipinski definition) is 1. The van der Waals surface area contributed by atoms with Crippen LogP contribution in [0.15, 0.2) is 0 Å². The molecule has 0 bridgehead atoms. The fourth-order valence-electron chi connectivity index (χ4n) is 3.46. The Kier molecular flexibility index (Phi) is 7.92. The molecule has 1 saturated carbocycles. The molecule has 0 radical (unpaired) electrons. The zero-order valence-electron chi connectivity index (χ0n) is 12.3. The van der Waals surface area contributed by atoms with Crippen molar-refractivity contribution >= 4 is 0 Å². The van der Waals surface area contributed by atoms with Gasteiger partial charge in [-0.3, -0.25) is 0 Å². The van der Waals surface area contributed by atoms with E-state index < -0.39 is 0 Å². The molecule has 0 aromatic carbocycles. The van der Waals surface area contributed by atoms with E-state index in [0.29, 0.717) is 0 Å². The van der Waals surface area contributed by atoms with E-state index in [1.54, 1.807) is 0 Å². The summed E-state index contributed by atoms with van der Waals surface area (Å²) in [5.41, 5.74) is 0. The normalized spacial score (nSPS) is 29.5. The highest BCUT2D eigenvalue weighted by Gasteiger charge is 2.27. The van der Waals surface area contributed by atoms with Gasteiger partial charge in [0.15, 0.2) is 0 Å². The molecule has 0 amide bonds. The first-order valence-corrected chi connectivity index (χ1v) is 7.92. The summed E-state index contributed by atoms with van der Waals surface area (Å²) in [5.74, 6) is 2.94. The second-order valence-electron chi connectivity index (χ2n) is 6.20. The summed E-state index contributed by atoms with van der Waals surface area (Å²) in [6, 6.07) is 0. The highest BCUT2D eigenvalue weighted by Crippen LogP contribution is 2.36. The SMILES string of the molecule is CCCCCCCC1CC(C)CCC1CNC. The third-order valence-corrected chi connectivity index (χ3v) is 4.55. The Bertz CT molecular complexity index is 178. The lowest BCUT2D eigenvalue weighted by Crippen LogP contribution is -2.31. The van der Waals surface area contributed by atoms with Gasteiger partial charge in [-0.25, -0.2) is 0 Å². The zero-order valence-corrected chi connectivity index (χ0v) is 12.3. The minimum atomic E-state index is 0.961. The topological polar surface area (TPSA) is 12.0 Å². The van der Waals surface area contributed by atoms with Crippen molar-refractivity contribution in [3.63, 3.8) is 0 Å². The molecule has 0 saturated heterocycles. The van der Waals surface area contributed by atoms with E-state index in [4.69, 9.17) is 0 Å². The van der Waals surface area contributed by atoms with Crippen LogP contribution in [-0.4, -0.2) is 13.6 Å². The third kappa shape index (κ3) is 5.90. The Morgan fingerprint density at radius 3 is 2.47 bits per heavy atom. The molecule has 1 rings (SSSR count). The van der Waals surface area contributed by atoms with Crippen molar-refractivity contribution in [2.45, 2.75) is 71.6 Å². The van der Waals surface area contributed by atoms with E-state index in [0.717, 1.165) is 17.8 Å². The van der Waals surface area contributed by atoms with Crippen LogP contribution < -0.4 is 5.32 Å². The summed E-state index contributed by atoms with van der Waals surface area (Å²) in [5, 5.41) is 3.39. The number of unbranched alkanes of at least 4 members (excludes halogenated alkanes) is 4. The van der Waals surface area contributed by atoms with Gasteiger partial charge in [-0.05, 0) is 44.2 Å². The van der Waals surface area contributed by atoms with E-state index in [-0.39, 0.29) is 0 Å². The number of nitrogens with one attached hydrogen (secondary N) is 1. The van der Waals surface area contributed by atoms with Crippen LogP contribution in [0.1, 0.15) is 71.6 Å². The summed E-state index contributed by atoms with van der Waals surface area (Å²) in [6.45, 7) is 5.98. The molecule has 102 valence electrons. The molecule has 0 aliphatic heterocycles. The summed E-state index contributed by atoms with van der Waals surface area (Å²) >= 11 is 0. The van der Waals surface area contributed by atoms with Crippen molar-refractivity contribution in [3.8, 4) is 0 Å². The monoisotopic (exact) mass is 239 g/mol. The average molecular weight is 239 g/mol. The molecule has 17 heavy (non-hydrogen) atoms. The number of hydrogen-bond acceptors (Lipinski definition) is 1. The lowest BCUT2D eigenvalue weighted by atomic mass is 9.72. The predicted octanol–water partition coefficient (Wildman–Crippen LogP) is 4.62. The molecule has 0 heterocycles. The first-order chi connectivity index (χ1) is 8.27. The van der Waals surface area contributed by atoms with Crippen LogP contribution in [0.25, 0.3) is 0 Å². The molecule has 1 N–H and O–H groups in total. The lowest BCUT2D eigenvalue weighted by molar-refractivity contribution is 0.173. The Morgan fingerprint density at radius 1 is 1.00 bits per heavy atom. The van der Waals surface area contributed by atoms with Crippen LogP contribution in [0.2, 0.25) is 0 Å². The molecule has 1 aliphatic rings. The minimum absolute atomic E-state index is 0.961. The molecular formula is C16H33N. The van der Waals surface area contributed by atoms with Crippen molar-refractivity contribution in [2.24, 2.45) is 17.8 Å². The van der Waals surface area contributed by atoms with Crippen molar-refractivity contribution in [2.75, 3.05) is 13.6 Å². The van der Waals surface area contributed by atoms with Crippen LogP contribution in [0.5, 0.6) is 0 Å². The summed E-state index contributed by atoms with van der Waals surface area (Å²) in [4.78, 5) is 0. The van der Waals surface area contributed by atoms with E-state index in [9.17, 15) is 0 Å². The van der Waals surface area contributed by atoms with Crippen LogP contribution in [-0.2, 0) is 0 Å². The summed E-state index contributed by atoms with van der Waals surface area (Å²) in [6.07, 6.45) is 13.1. The van der Waals surface area contributed by atoms with Gasteiger partial charge >= 0.3 is 0 Å². The summed E-state index contributed by atoms with van der Waals surface area (Å²) < 4.78 is 0. The maximum absolute atomic E-state index is 3.39. The summed E-state index contributed by atoms with van der Waals surface area (Å²) in [7, 11) is 2.11. The standard InChI is InChI=1S/C16H33N/c1-4-5-6-7-8-9-15-12-14(2)10-11-16(15)13-17-3/h14-17H,4-13H2,1-3H3.